The standard InChI is InChI=1S/C7H13NOS/c1-6-7(3-4-9)10-5-8(6)2/h9H,3-5H2,1-2H3. The molecule has 0 unspecified atom stereocenters. The highest BCUT2D eigenvalue weighted by Crippen LogP contribution is 2.31. The van der Waals surface area contributed by atoms with Crippen LogP contribution < -0.4 is 0 Å². The second-order valence-corrected chi connectivity index (χ2v) is 3.49. The Morgan fingerprint density at radius 3 is 2.80 bits per heavy atom. The highest BCUT2D eigenvalue weighted by Gasteiger charge is 2.14. The van der Waals surface area contributed by atoms with Gasteiger partial charge in [-0.25, -0.2) is 0 Å². The summed E-state index contributed by atoms with van der Waals surface area (Å²) in [4.78, 5) is 3.54. The van der Waals surface area contributed by atoms with E-state index < -0.39 is 0 Å². The maximum atomic E-state index is 8.66. The lowest BCUT2D eigenvalue weighted by Gasteiger charge is -2.09. The Labute approximate surface area is 65.9 Å². The smallest absolute Gasteiger partial charge is 0.0677 e. The third-order valence-electron chi connectivity index (χ3n) is 1.75. The van der Waals surface area contributed by atoms with E-state index in [2.05, 4.69) is 18.9 Å². The highest BCUT2D eigenvalue weighted by molar-refractivity contribution is 8.03. The first-order valence-corrected chi connectivity index (χ1v) is 4.39. The highest BCUT2D eigenvalue weighted by atomic mass is 32.2. The fraction of sp³-hybridized carbons (Fsp3) is 0.714. The molecule has 1 heterocycles. The Kier molecular flexibility index (Phi) is 2.63. The number of aliphatic hydroxyl groups excluding tert-OH is 1. The minimum Gasteiger partial charge on any atom is -0.396 e. The molecule has 0 radical (unpaired) electrons. The summed E-state index contributed by atoms with van der Waals surface area (Å²) in [6.45, 7) is 2.37. The Morgan fingerprint density at radius 1 is 1.70 bits per heavy atom. The quantitative estimate of drug-likeness (QED) is 0.655. The summed E-state index contributed by atoms with van der Waals surface area (Å²) in [6.07, 6.45) is 0.820. The number of allylic oxidation sites excluding steroid dienone is 1. The first kappa shape index (κ1) is 7.95. The molecular formula is C7H13NOS. The summed E-state index contributed by atoms with van der Waals surface area (Å²) in [7, 11) is 2.08. The van der Waals surface area contributed by atoms with Crippen molar-refractivity contribution >= 4 is 11.8 Å². The minimum absolute atomic E-state index is 0.271. The molecule has 0 spiro atoms. The molecule has 0 aliphatic carbocycles. The van der Waals surface area contributed by atoms with Crippen molar-refractivity contribution in [2.45, 2.75) is 13.3 Å². The maximum Gasteiger partial charge on any atom is 0.0677 e. The molecule has 0 saturated heterocycles. The Balaban J connectivity index is 2.56. The van der Waals surface area contributed by atoms with E-state index in [-0.39, 0.29) is 6.61 Å². The zero-order valence-electron chi connectivity index (χ0n) is 6.42. The predicted molar refractivity (Wildman–Crippen MR) is 44.6 cm³/mol. The first-order valence-electron chi connectivity index (χ1n) is 3.40. The molecule has 10 heavy (non-hydrogen) atoms. The van der Waals surface area contributed by atoms with Crippen molar-refractivity contribution in [3.05, 3.63) is 10.6 Å². The molecule has 3 heteroatoms. The van der Waals surface area contributed by atoms with Gasteiger partial charge in [0.25, 0.3) is 0 Å². The average Bonchev–Trinajstić information content (AvgIpc) is 2.20. The fourth-order valence-electron chi connectivity index (χ4n) is 0.944. The van der Waals surface area contributed by atoms with Crippen molar-refractivity contribution in [2.24, 2.45) is 0 Å². The number of nitrogens with zero attached hydrogens (tertiary/aromatic N) is 1. The van der Waals surface area contributed by atoms with E-state index in [1.807, 2.05) is 11.8 Å². The van der Waals surface area contributed by atoms with Gasteiger partial charge < -0.3 is 10.0 Å². The van der Waals surface area contributed by atoms with Crippen LogP contribution >= 0.6 is 11.8 Å². The van der Waals surface area contributed by atoms with E-state index in [0.717, 1.165) is 12.3 Å². The third-order valence-corrected chi connectivity index (χ3v) is 3.11. The van der Waals surface area contributed by atoms with E-state index >= 15 is 0 Å². The van der Waals surface area contributed by atoms with Crippen molar-refractivity contribution in [1.29, 1.82) is 0 Å². The van der Waals surface area contributed by atoms with Crippen LogP contribution in [0.3, 0.4) is 0 Å². The second kappa shape index (κ2) is 3.30. The van der Waals surface area contributed by atoms with Crippen LogP contribution in [0, 0.1) is 0 Å². The molecule has 0 amide bonds. The van der Waals surface area contributed by atoms with Gasteiger partial charge in [-0.15, -0.1) is 11.8 Å². The summed E-state index contributed by atoms with van der Waals surface area (Å²) in [5.41, 5.74) is 1.32. The molecule has 0 aromatic heterocycles. The lowest BCUT2D eigenvalue weighted by molar-refractivity contribution is 0.301. The van der Waals surface area contributed by atoms with Crippen LogP contribution in [0.4, 0.5) is 0 Å². The summed E-state index contributed by atoms with van der Waals surface area (Å²) in [5, 5.41) is 8.66. The molecule has 2 nitrogen and oxygen atoms in total. The Hall–Kier alpha value is -0.150. The van der Waals surface area contributed by atoms with Gasteiger partial charge in [-0.1, -0.05) is 0 Å². The van der Waals surface area contributed by atoms with Gasteiger partial charge in [-0.05, 0) is 6.92 Å². The Bertz CT molecular complexity index is 156. The molecule has 58 valence electrons. The number of hydrogen-bond donors (Lipinski definition) is 1. The van der Waals surface area contributed by atoms with Gasteiger partial charge in [0.2, 0.25) is 0 Å². The van der Waals surface area contributed by atoms with E-state index in [1.165, 1.54) is 10.6 Å². The van der Waals surface area contributed by atoms with Gasteiger partial charge in [-0.2, -0.15) is 0 Å². The van der Waals surface area contributed by atoms with Crippen molar-refractivity contribution < 1.29 is 5.11 Å². The molecule has 1 N–H and O–H groups in total. The fourth-order valence-corrected chi connectivity index (χ4v) is 2.09. The van der Waals surface area contributed by atoms with Crippen LogP contribution in [-0.4, -0.2) is 29.5 Å². The summed E-state index contributed by atoms with van der Waals surface area (Å²) < 4.78 is 0. The molecule has 0 aromatic rings. The molecular weight excluding hydrogens is 146 g/mol. The van der Waals surface area contributed by atoms with Crippen molar-refractivity contribution in [3.8, 4) is 0 Å². The molecule has 0 saturated carbocycles. The topological polar surface area (TPSA) is 23.5 Å². The minimum atomic E-state index is 0.271. The summed E-state index contributed by atoms with van der Waals surface area (Å²) >= 11 is 1.83. The third kappa shape index (κ3) is 1.47. The van der Waals surface area contributed by atoms with Crippen molar-refractivity contribution in [1.82, 2.24) is 4.90 Å². The number of aliphatic hydroxyl groups is 1. The SMILES string of the molecule is CC1=C(CCO)SCN1C. The van der Waals surface area contributed by atoms with Crippen molar-refractivity contribution in [2.75, 3.05) is 19.5 Å². The zero-order valence-corrected chi connectivity index (χ0v) is 7.24. The molecule has 0 fully saturated rings. The van der Waals surface area contributed by atoms with Gasteiger partial charge in [0, 0.05) is 30.7 Å². The lowest BCUT2D eigenvalue weighted by Crippen LogP contribution is -2.09. The molecule has 1 aliphatic heterocycles. The Morgan fingerprint density at radius 2 is 2.40 bits per heavy atom. The lowest BCUT2D eigenvalue weighted by atomic mass is 10.3. The van der Waals surface area contributed by atoms with Crippen LogP contribution in [0.15, 0.2) is 10.6 Å². The average molecular weight is 159 g/mol. The molecule has 1 aliphatic rings. The summed E-state index contributed by atoms with van der Waals surface area (Å²) in [6, 6.07) is 0. The zero-order chi connectivity index (χ0) is 7.56. The van der Waals surface area contributed by atoms with Crippen LogP contribution in [-0.2, 0) is 0 Å². The van der Waals surface area contributed by atoms with E-state index in [0.29, 0.717) is 0 Å². The molecule has 0 aromatic carbocycles. The van der Waals surface area contributed by atoms with Gasteiger partial charge in [-0.3, -0.25) is 0 Å². The van der Waals surface area contributed by atoms with Gasteiger partial charge in [0.15, 0.2) is 0 Å². The maximum absolute atomic E-state index is 8.66. The van der Waals surface area contributed by atoms with E-state index in [9.17, 15) is 0 Å². The molecule has 0 bridgehead atoms. The largest absolute Gasteiger partial charge is 0.396 e. The number of rotatable bonds is 2. The van der Waals surface area contributed by atoms with Crippen molar-refractivity contribution in [3.63, 3.8) is 0 Å². The monoisotopic (exact) mass is 159 g/mol. The number of hydrogen-bond acceptors (Lipinski definition) is 3. The molecule has 1 rings (SSSR count). The van der Waals surface area contributed by atoms with E-state index in [1.54, 1.807) is 0 Å². The second-order valence-electron chi connectivity index (χ2n) is 2.45. The van der Waals surface area contributed by atoms with Crippen LogP contribution in [0.1, 0.15) is 13.3 Å². The van der Waals surface area contributed by atoms with Gasteiger partial charge in [0.1, 0.15) is 0 Å². The van der Waals surface area contributed by atoms with Gasteiger partial charge >= 0.3 is 0 Å². The summed E-state index contributed by atoms with van der Waals surface area (Å²) in [5.74, 6) is 1.04. The van der Waals surface area contributed by atoms with Gasteiger partial charge in [0.05, 0.1) is 5.88 Å². The normalized spacial score (nSPS) is 18.9. The first-order chi connectivity index (χ1) is 4.75. The number of thioether (sulfide) groups is 1. The van der Waals surface area contributed by atoms with Crippen LogP contribution in [0.5, 0.6) is 0 Å². The van der Waals surface area contributed by atoms with E-state index in [4.69, 9.17) is 5.11 Å². The van der Waals surface area contributed by atoms with Crippen LogP contribution in [0.25, 0.3) is 0 Å². The molecule has 0 atom stereocenters. The van der Waals surface area contributed by atoms with Crippen LogP contribution in [0.2, 0.25) is 0 Å². The predicted octanol–water partition coefficient (Wildman–Crippen LogP) is 1.24.